The van der Waals surface area contributed by atoms with Crippen molar-refractivity contribution in [2.75, 3.05) is 18.0 Å². The van der Waals surface area contributed by atoms with Crippen LogP contribution in [0.1, 0.15) is 19.0 Å². The van der Waals surface area contributed by atoms with Crippen molar-refractivity contribution in [1.29, 1.82) is 0 Å². The lowest BCUT2D eigenvalue weighted by Gasteiger charge is -2.35. The highest BCUT2D eigenvalue weighted by molar-refractivity contribution is 5.82. The molecule has 1 atom stereocenters. The van der Waals surface area contributed by atoms with E-state index in [4.69, 9.17) is 4.74 Å². The van der Waals surface area contributed by atoms with Gasteiger partial charge in [0.2, 0.25) is 5.91 Å². The minimum Gasteiger partial charge on any atom is -0.486 e. The van der Waals surface area contributed by atoms with E-state index in [1.807, 2.05) is 42.5 Å². The summed E-state index contributed by atoms with van der Waals surface area (Å²) in [7, 11) is 0. The molecule has 0 fully saturated rings. The number of amides is 1. The standard InChI is InChI=1S/C18H21N3O2/c1-2-15-12-21(16-8-3-4-9-17(16)23-15)13-18(22)20-11-14-7-5-6-10-19-14/h3-10,15H,2,11-13H2,1H3,(H,20,22)/t15-/m0/s1. The highest BCUT2D eigenvalue weighted by Crippen LogP contribution is 2.33. The summed E-state index contributed by atoms with van der Waals surface area (Å²) >= 11 is 0. The zero-order valence-electron chi connectivity index (χ0n) is 13.2. The van der Waals surface area contributed by atoms with Gasteiger partial charge in [-0.25, -0.2) is 0 Å². The molecule has 0 saturated heterocycles. The minimum absolute atomic E-state index is 0.0118. The van der Waals surface area contributed by atoms with E-state index in [0.717, 1.165) is 30.1 Å². The van der Waals surface area contributed by atoms with Crippen LogP contribution in [0.3, 0.4) is 0 Å². The Morgan fingerprint density at radius 3 is 2.91 bits per heavy atom. The molecule has 1 amide bonds. The van der Waals surface area contributed by atoms with E-state index in [2.05, 4.69) is 22.1 Å². The number of anilines is 1. The van der Waals surface area contributed by atoms with Gasteiger partial charge in [-0.05, 0) is 30.7 Å². The van der Waals surface area contributed by atoms with Crippen LogP contribution in [0.25, 0.3) is 0 Å². The zero-order valence-corrected chi connectivity index (χ0v) is 13.2. The maximum absolute atomic E-state index is 12.3. The Hall–Kier alpha value is -2.56. The molecule has 1 aliphatic rings. The second kappa shape index (κ2) is 7.13. The average molecular weight is 311 g/mol. The molecule has 0 aliphatic carbocycles. The van der Waals surface area contributed by atoms with Crippen molar-refractivity contribution in [2.24, 2.45) is 0 Å². The number of nitrogens with one attached hydrogen (secondary N) is 1. The van der Waals surface area contributed by atoms with E-state index in [1.54, 1.807) is 6.20 Å². The predicted octanol–water partition coefficient (Wildman–Crippen LogP) is 2.38. The number of para-hydroxylation sites is 2. The van der Waals surface area contributed by atoms with Gasteiger partial charge in [-0.1, -0.05) is 25.1 Å². The summed E-state index contributed by atoms with van der Waals surface area (Å²) in [4.78, 5) is 18.6. The summed E-state index contributed by atoms with van der Waals surface area (Å²) in [5.41, 5.74) is 1.83. The van der Waals surface area contributed by atoms with E-state index in [9.17, 15) is 4.79 Å². The molecule has 1 aliphatic heterocycles. The Kier molecular flexibility index (Phi) is 4.76. The van der Waals surface area contributed by atoms with E-state index < -0.39 is 0 Å². The molecule has 2 heterocycles. The topological polar surface area (TPSA) is 54.5 Å². The summed E-state index contributed by atoms with van der Waals surface area (Å²) < 4.78 is 5.94. The molecule has 1 N–H and O–H groups in total. The van der Waals surface area contributed by atoms with E-state index in [-0.39, 0.29) is 12.0 Å². The van der Waals surface area contributed by atoms with Crippen LogP contribution in [-0.2, 0) is 11.3 Å². The number of nitrogens with zero attached hydrogens (tertiary/aromatic N) is 2. The Morgan fingerprint density at radius 1 is 1.30 bits per heavy atom. The van der Waals surface area contributed by atoms with Crippen molar-refractivity contribution >= 4 is 11.6 Å². The zero-order chi connectivity index (χ0) is 16.1. The maximum atomic E-state index is 12.3. The monoisotopic (exact) mass is 311 g/mol. The number of pyridine rings is 1. The van der Waals surface area contributed by atoms with Crippen LogP contribution in [0, 0.1) is 0 Å². The van der Waals surface area contributed by atoms with Gasteiger partial charge in [-0.15, -0.1) is 0 Å². The molecule has 2 aromatic rings. The quantitative estimate of drug-likeness (QED) is 0.921. The minimum atomic E-state index is -0.0118. The summed E-state index contributed by atoms with van der Waals surface area (Å²) in [5, 5.41) is 2.93. The molecule has 5 heteroatoms. The van der Waals surface area contributed by atoms with Crippen LogP contribution >= 0.6 is 0 Å². The van der Waals surface area contributed by atoms with Crippen LogP contribution in [0.15, 0.2) is 48.7 Å². The Morgan fingerprint density at radius 2 is 2.13 bits per heavy atom. The van der Waals surface area contributed by atoms with Gasteiger partial charge in [0.15, 0.2) is 0 Å². The lowest BCUT2D eigenvalue weighted by molar-refractivity contribution is -0.120. The number of hydrogen-bond donors (Lipinski definition) is 1. The van der Waals surface area contributed by atoms with Gasteiger partial charge in [0.05, 0.1) is 31.0 Å². The normalized spacial score (nSPS) is 16.4. The lowest BCUT2D eigenvalue weighted by Crippen LogP contribution is -2.45. The highest BCUT2D eigenvalue weighted by atomic mass is 16.5. The van der Waals surface area contributed by atoms with Gasteiger partial charge in [0, 0.05) is 6.20 Å². The van der Waals surface area contributed by atoms with Crippen molar-refractivity contribution in [3.8, 4) is 5.75 Å². The summed E-state index contributed by atoms with van der Waals surface area (Å²) in [6, 6.07) is 13.5. The molecule has 3 rings (SSSR count). The van der Waals surface area contributed by atoms with Crippen molar-refractivity contribution in [3.63, 3.8) is 0 Å². The second-order valence-electron chi connectivity index (χ2n) is 5.59. The fraction of sp³-hybridized carbons (Fsp3) is 0.333. The third-order valence-corrected chi connectivity index (χ3v) is 3.91. The fourth-order valence-corrected chi connectivity index (χ4v) is 2.66. The van der Waals surface area contributed by atoms with Crippen LogP contribution in [0.4, 0.5) is 5.69 Å². The van der Waals surface area contributed by atoms with Crippen LogP contribution in [0.2, 0.25) is 0 Å². The van der Waals surface area contributed by atoms with Crippen LogP contribution < -0.4 is 15.0 Å². The first kappa shape index (κ1) is 15.3. The SMILES string of the molecule is CC[C@H]1CN(CC(=O)NCc2ccccn2)c2ccccc2O1. The lowest BCUT2D eigenvalue weighted by atomic mass is 10.1. The van der Waals surface area contributed by atoms with E-state index >= 15 is 0 Å². The second-order valence-corrected chi connectivity index (χ2v) is 5.59. The van der Waals surface area contributed by atoms with Gasteiger partial charge in [-0.2, -0.15) is 0 Å². The van der Waals surface area contributed by atoms with Crippen molar-refractivity contribution in [3.05, 3.63) is 54.4 Å². The molecule has 1 aromatic heterocycles. The molecule has 1 aromatic carbocycles. The number of ether oxygens (including phenoxy) is 1. The third-order valence-electron chi connectivity index (χ3n) is 3.91. The molecule has 5 nitrogen and oxygen atoms in total. The number of carbonyl (C=O) groups is 1. The fourth-order valence-electron chi connectivity index (χ4n) is 2.66. The van der Waals surface area contributed by atoms with Crippen LogP contribution in [-0.4, -0.2) is 30.1 Å². The molecule has 0 spiro atoms. The highest BCUT2D eigenvalue weighted by Gasteiger charge is 2.25. The first-order valence-corrected chi connectivity index (χ1v) is 7.93. The molecular weight excluding hydrogens is 290 g/mol. The number of carbonyl (C=O) groups excluding carboxylic acids is 1. The Balaban J connectivity index is 1.63. The molecule has 0 radical (unpaired) electrons. The Labute approximate surface area is 136 Å². The number of hydrogen-bond acceptors (Lipinski definition) is 4. The smallest absolute Gasteiger partial charge is 0.239 e. The summed E-state index contributed by atoms with van der Waals surface area (Å²) in [5.74, 6) is 0.838. The van der Waals surface area contributed by atoms with Gasteiger partial charge in [0.1, 0.15) is 11.9 Å². The number of benzene rings is 1. The van der Waals surface area contributed by atoms with Crippen molar-refractivity contribution in [2.45, 2.75) is 26.0 Å². The van der Waals surface area contributed by atoms with Gasteiger partial charge >= 0.3 is 0 Å². The van der Waals surface area contributed by atoms with Crippen molar-refractivity contribution < 1.29 is 9.53 Å². The van der Waals surface area contributed by atoms with Gasteiger partial charge in [-0.3, -0.25) is 9.78 Å². The first-order valence-electron chi connectivity index (χ1n) is 7.93. The molecule has 0 bridgehead atoms. The maximum Gasteiger partial charge on any atom is 0.239 e. The summed E-state index contributed by atoms with van der Waals surface area (Å²) in [6.07, 6.45) is 2.76. The molecule has 0 saturated carbocycles. The van der Waals surface area contributed by atoms with Gasteiger partial charge in [0.25, 0.3) is 0 Å². The van der Waals surface area contributed by atoms with Crippen LogP contribution in [0.5, 0.6) is 5.75 Å². The molecule has 0 unspecified atom stereocenters. The first-order chi connectivity index (χ1) is 11.3. The van der Waals surface area contributed by atoms with E-state index in [0.29, 0.717) is 13.1 Å². The molecular formula is C18H21N3O2. The average Bonchev–Trinajstić information content (AvgIpc) is 2.60. The third kappa shape index (κ3) is 3.80. The molecule has 23 heavy (non-hydrogen) atoms. The number of aromatic nitrogens is 1. The van der Waals surface area contributed by atoms with Crippen molar-refractivity contribution in [1.82, 2.24) is 10.3 Å². The van der Waals surface area contributed by atoms with E-state index in [1.165, 1.54) is 0 Å². The summed E-state index contributed by atoms with van der Waals surface area (Å²) in [6.45, 7) is 3.59. The predicted molar refractivity (Wildman–Crippen MR) is 89.4 cm³/mol. The Bertz CT molecular complexity index is 660. The van der Waals surface area contributed by atoms with Gasteiger partial charge < -0.3 is 15.0 Å². The largest absolute Gasteiger partial charge is 0.486 e. The number of fused-ring (bicyclic) bond motifs is 1. The molecule has 120 valence electrons. The number of rotatable bonds is 5.